The summed E-state index contributed by atoms with van der Waals surface area (Å²) >= 11 is 0. The molecular weight excluding hydrogens is 188 g/mol. The molecule has 1 aromatic rings. The third-order valence-electron chi connectivity index (χ3n) is 2.22. The molecule has 0 saturated carbocycles. The molecule has 15 heavy (non-hydrogen) atoms. The molecule has 0 aliphatic carbocycles. The fourth-order valence-corrected chi connectivity index (χ4v) is 1.24. The first-order valence-electron chi connectivity index (χ1n) is 5.31. The van der Waals surface area contributed by atoms with Crippen LogP contribution in [0.3, 0.4) is 0 Å². The van der Waals surface area contributed by atoms with Crippen LogP contribution < -0.4 is 5.32 Å². The molecule has 1 aromatic carbocycles. The quantitative estimate of drug-likeness (QED) is 0.807. The lowest BCUT2D eigenvalue weighted by Crippen LogP contribution is -2.32. The highest BCUT2D eigenvalue weighted by atomic mass is 16.2. The number of anilines is 1. The molecule has 82 valence electrons. The first-order chi connectivity index (χ1) is 7.24. The lowest BCUT2D eigenvalue weighted by molar-refractivity contribution is 0.222. The van der Waals surface area contributed by atoms with E-state index in [2.05, 4.69) is 12.2 Å². The van der Waals surface area contributed by atoms with Crippen molar-refractivity contribution < 1.29 is 4.79 Å². The van der Waals surface area contributed by atoms with E-state index in [-0.39, 0.29) is 6.03 Å². The summed E-state index contributed by atoms with van der Waals surface area (Å²) in [6, 6.07) is 9.45. The number of para-hydroxylation sites is 1. The van der Waals surface area contributed by atoms with Crippen LogP contribution in [0.5, 0.6) is 0 Å². The van der Waals surface area contributed by atoms with Crippen molar-refractivity contribution in [3.63, 3.8) is 0 Å². The minimum atomic E-state index is -0.0466. The average molecular weight is 206 g/mol. The summed E-state index contributed by atoms with van der Waals surface area (Å²) in [6.45, 7) is 2.91. The molecule has 3 heteroatoms. The van der Waals surface area contributed by atoms with E-state index in [0.29, 0.717) is 0 Å². The highest BCUT2D eigenvalue weighted by molar-refractivity contribution is 5.89. The number of amides is 2. The van der Waals surface area contributed by atoms with Crippen molar-refractivity contribution in [2.45, 2.75) is 19.8 Å². The van der Waals surface area contributed by atoms with Crippen molar-refractivity contribution in [1.29, 1.82) is 0 Å². The third kappa shape index (κ3) is 4.02. The minimum Gasteiger partial charge on any atom is -0.328 e. The van der Waals surface area contributed by atoms with Gasteiger partial charge in [-0.3, -0.25) is 0 Å². The SMILES string of the molecule is CCCCN(C)C(=O)Nc1ccccc1. The summed E-state index contributed by atoms with van der Waals surface area (Å²) in [5.74, 6) is 0. The Kier molecular flexibility index (Phi) is 4.68. The maximum atomic E-state index is 11.6. The molecule has 0 saturated heterocycles. The Balaban J connectivity index is 2.42. The second-order valence-corrected chi connectivity index (χ2v) is 3.57. The molecule has 0 unspecified atom stereocenters. The van der Waals surface area contributed by atoms with Gasteiger partial charge in [0.05, 0.1) is 0 Å². The van der Waals surface area contributed by atoms with Crippen LogP contribution in [-0.4, -0.2) is 24.5 Å². The van der Waals surface area contributed by atoms with Gasteiger partial charge in [0.2, 0.25) is 0 Å². The fourth-order valence-electron chi connectivity index (χ4n) is 1.24. The maximum absolute atomic E-state index is 11.6. The van der Waals surface area contributed by atoms with Gasteiger partial charge in [0.15, 0.2) is 0 Å². The smallest absolute Gasteiger partial charge is 0.321 e. The lowest BCUT2D eigenvalue weighted by atomic mass is 10.3. The summed E-state index contributed by atoms with van der Waals surface area (Å²) < 4.78 is 0. The molecule has 1 N–H and O–H groups in total. The highest BCUT2D eigenvalue weighted by Gasteiger charge is 2.06. The lowest BCUT2D eigenvalue weighted by Gasteiger charge is -2.17. The van der Waals surface area contributed by atoms with Gasteiger partial charge in [-0.2, -0.15) is 0 Å². The van der Waals surface area contributed by atoms with Crippen LogP contribution in [0.25, 0.3) is 0 Å². The summed E-state index contributed by atoms with van der Waals surface area (Å²) in [5, 5.41) is 2.84. The van der Waals surface area contributed by atoms with E-state index in [1.54, 1.807) is 4.90 Å². The van der Waals surface area contributed by atoms with Gasteiger partial charge in [0.25, 0.3) is 0 Å². The predicted octanol–water partition coefficient (Wildman–Crippen LogP) is 2.95. The monoisotopic (exact) mass is 206 g/mol. The molecule has 0 bridgehead atoms. The van der Waals surface area contributed by atoms with E-state index in [4.69, 9.17) is 0 Å². The maximum Gasteiger partial charge on any atom is 0.321 e. The molecule has 1 rings (SSSR count). The first kappa shape index (κ1) is 11.6. The molecule has 3 nitrogen and oxygen atoms in total. The molecule has 0 fully saturated rings. The van der Waals surface area contributed by atoms with Crippen molar-refractivity contribution in [3.05, 3.63) is 30.3 Å². The number of hydrogen-bond acceptors (Lipinski definition) is 1. The molecular formula is C12H18N2O. The van der Waals surface area contributed by atoms with E-state index in [1.165, 1.54) is 0 Å². The van der Waals surface area contributed by atoms with Crippen molar-refractivity contribution in [2.75, 3.05) is 18.9 Å². The van der Waals surface area contributed by atoms with Crippen LogP contribution in [0, 0.1) is 0 Å². The fraction of sp³-hybridized carbons (Fsp3) is 0.417. The number of nitrogens with one attached hydrogen (secondary N) is 1. The Morgan fingerprint density at radius 2 is 2.00 bits per heavy atom. The standard InChI is InChI=1S/C12H18N2O/c1-3-4-10-14(2)12(15)13-11-8-6-5-7-9-11/h5-9H,3-4,10H2,1-2H3,(H,13,15). The van der Waals surface area contributed by atoms with E-state index in [9.17, 15) is 4.79 Å². The van der Waals surface area contributed by atoms with E-state index >= 15 is 0 Å². The summed E-state index contributed by atoms with van der Waals surface area (Å²) in [5.41, 5.74) is 0.839. The Bertz CT molecular complexity index is 298. The average Bonchev–Trinajstić information content (AvgIpc) is 2.27. The van der Waals surface area contributed by atoms with Gasteiger partial charge in [-0.05, 0) is 18.6 Å². The molecule has 0 aliphatic heterocycles. The van der Waals surface area contributed by atoms with Gasteiger partial charge in [-0.15, -0.1) is 0 Å². The zero-order valence-corrected chi connectivity index (χ0v) is 9.36. The summed E-state index contributed by atoms with van der Waals surface area (Å²) in [6.07, 6.45) is 2.14. The van der Waals surface area contributed by atoms with Gasteiger partial charge in [-0.1, -0.05) is 31.5 Å². The van der Waals surface area contributed by atoms with Crippen molar-refractivity contribution in [1.82, 2.24) is 4.90 Å². The number of unbranched alkanes of at least 4 members (excludes halogenated alkanes) is 1. The van der Waals surface area contributed by atoms with E-state index in [1.807, 2.05) is 37.4 Å². The molecule has 0 radical (unpaired) electrons. The van der Waals surface area contributed by atoms with Gasteiger partial charge < -0.3 is 10.2 Å². The number of hydrogen-bond donors (Lipinski definition) is 1. The van der Waals surface area contributed by atoms with Crippen molar-refractivity contribution in [3.8, 4) is 0 Å². The molecule has 0 spiro atoms. The number of carbonyl (C=O) groups is 1. The zero-order valence-electron chi connectivity index (χ0n) is 9.36. The largest absolute Gasteiger partial charge is 0.328 e. The van der Waals surface area contributed by atoms with Crippen molar-refractivity contribution in [2.24, 2.45) is 0 Å². The number of nitrogens with zero attached hydrogens (tertiary/aromatic N) is 1. The van der Waals surface area contributed by atoms with Gasteiger partial charge >= 0.3 is 6.03 Å². The summed E-state index contributed by atoms with van der Waals surface area (Å²) in [4.78, 5) is 13.3. The Morgan fingerprint density at radius 1 is 1.33 bits per heavy atom. The predicted molar refractivity (Wildman–Crippen MR) is 63.0 cm³/mol. The van der Waals surface area contributed by atoms with E-state index < -0.39 is 0 Å². The Hall–Kier alpha value is -1.51. The molecule has 0 heterocycles. The first-order valence-corrected chi connectivity index (χ1v) is 5.31. The zero-order chi connectivity index (χ0) is 11.1. The topological polar surface area (TPSA) is 32.3 Å². The second-order valence-electron chi connectivity index (χ2n) is 3.57. The molecule has 2 amide bonds. The molecule has 0 aliphatic rings. The van der Waals surface area contributed by atoms with Gasteiger partial charge in [0.1, 0.15) is 0 Å². The van der Waals surface area contributed by atoms with Crippen LogP contribution in [0.2, 0.25) is 0 Å². The number of urea groups is 1. The van der Waals surface area contributed by atoms with Crippen LogP contribution in [0.15, 0.2) is 30.3 Å². The van der Waals surface area contributed by atoms with E-state index in [0.717, 1.165) is 25.1 Å². The van der Waals surface area contributed by atoms with Crippen LogP contribution >= 0.6 is 0 Å². The van der Waals surface area contributed by atoms with Crippen LogP contribution in [0.1, 0.15) is 19.8 Å². The highest BCUT2D eigenvalue weighted by Crippen LogP contribution is 2.06. The van der Waals surface area contributed by atoms with Gasteiger partial charge in [0, 0.05) is 19.3 Å². The minimum absolute atomic E-state index is 0.0466. The normalized spacial score (nSPS) is 9.73. The molecule has 0 aromatic heterocycles. The number of carbonyl (C=O) groups excluding carboxylic acids is 1. The third-order valence-corrected chi connectivity index (χ3v) is 2.22. The Labute approximate surface area is 91.1 Å². The van der Waals surface area contributed by atoms with Gasteiger partial charge in [-0.25, -0.2) is 4.79 Å². The molecule has 0 atom stereocenters. The summed E-state index contributed by atoms with van der Waals surface area (Å²) in [7, 11) is 1.81. The number of rotatable bonds is 4. The van der Waals surface area contributed by atoms with Crippen molar-refractivity contribution >= 4 is 11.7 Å². The Morgan fingerprint density at radius 3 is 2.60 bits per heavy atom. The van der Waals surface area contributed by atoms with Crippen LogP contribution in [-0.2, 0) is 0 Å². The second kappa shape index (κ2) is 6.06. The number of benzene rings is 1. The van der Waals surface area contributed by atoms with Crippen LogP contribution in [0.4, 0.5) is 10.5 Å².